The van der Waals surface area contributed by atoms with Crippen molar-refractivity contribution in [2.75, 3.05) is 13.2 Å². The Labute approximate surface area is 95.1 Å². The van der Waals surface area contributed by atoms with E-state index < -0.39 is 6.04 Å². The molecule has 5 heteroatoms. The van der Waals surface area contributed by atoms with Crippen molar-refractivity contribution in [2.24, 2.45) is 0 Å². The van der Waals surface area contributed by atoms with E-state index in [0.717, 1.165) is 19.4 Å². The Bertz CT molecular complexity index is 300. The standard InChI is InChI=1S/C11H18N2O3/c1-7-11(15)13(8(2)10(14)12-7)6-9-4-3-5-16-9/h7-9H,3-6H2,1-2H3,(H,12,14). The molecule has 16 heavy (non-hydrogen) atoms. The maximum absolute atomic E-state index is 11.9. The molecule has 90 valence electrons. The van der Waals surface area contributed by atoms with Crippen molar-refractivity contribution in [1.82, 2.24) is 10.2 Å². The van der Waals surface area contributed by atoms with Crippen LogP contribution in [-0.4, -0.2) is 48.1 Å². The SMILES string of the molecule is CC1NC(=O)C(C)N(CC2CCCO2)C1=O. The van der Waals surface area contributed by atoms with Crippen LogP contribution in [0.1, 0.15) is 26.7 Å². The third-order valence-corrected chi connectivity index (χ3v) is 3.28. The summed E-state index contributed by atoms with van der Waals surface area (Å²) in [7, 11) is 0. The van der Waals surface area contributed by atoms with Gasteiger partial charge < -0.3 is 15.0 Å². The number of nitrogens with one attached hydrogen (secondary N) is 1. The first-order valence-electron chi connectivity index (χ1n) is 5.82. The topological polar surface area (TPSA) is 58.6 Å². The van der Waals surface area contributed by atoms with Crippen LogP contribution < -0.4 is 5.32 Å². The largest absolute Gasteiger partial charge is 0.376 e. The lowest BCUT2D eigenvalue weighted by Crippen LogP contribution is -2.62. The van der Waals surface area contributed by atoms with Crippen LogP contribution >= 0.6 is 0 Å². The Balaban J connectivity index is 2.03. The molecule has 2 rings (SSSR count). The summed E-state index contributed by atoms with van der Waals surface area (Å²) in [6, 6.07) is -0.794. The second kappa shape index (κ2) is 4.41. The van der Waals surface area contributed by atoms with Gasteiger partial charge in [-0.2, -0.15) is 0 Å². The van der Waals surface area contributed by atoms with Crippen LogP contribution in [0.2, 0.25) is 0 Å². The molecule has 5 nitrogen and oxygen atoms in total. The van der Waals surface area contributed by atoms with Crippen LogP contribution in [0.15, 0.2) is 0 Å². The molecule has 1 N–H and O–H groups in total. The average molecular weight is 226 g/mol. The molecule has 2 aliphatic rings. The van der Waals surface area contributed by atoms with Crippen LogP contribution in [0.25, 0.3) is 0 Å². The van der Waals surface area contributed by atoms with Gasteiger partial charge in [-0.05, 0) is 26.7 Å². The summed E-state index contributed by atoms with van der Waals surface area (Å²) in [6.07, 6.45) is 2.12. The molecular formula is C11H18N2O3. The summed E-state index contributed by atoms with van der Waals surface area (Å²) < 4.78 is 5.50. The van der Waals surface area contributed by atoms with E-state index in [-0.39, 0.29) is 24.0 Å². The molecule has 0 aliphatic carbocycles. The van der Waals surface area contributed by atoms with E-state index in [1.54, 1.807) is 18.7 Å². The van der Waals surface area contributed by atoms with Gasteiger partial charge >= 0.3 is 0 Å². The number of hydrogen-bond donors (Lipinski definition) is 1. The monoisotopic (exact) mass is 226 g/mol. The summed E-state index contributed by atoms with van der Waals surface area (Å²) in [5, 5.41) is 2.66. The average Bonchev–Trinajstić information content (AvgIpc) is 2.74. The first kappa shape index (κ1) is 11.4. The van der Waals surface area contributed by atoms with Gasteiger partial charge in [-0.3, -0.25) is 9.59 Å². The molecule has 0 aromatic heterocycles. The van der Waals surface area contributed by atoms with Crippen molar-refractivity contribution in [1.29, 1.82) is 0 Å². The minimum atomic E-state index is -0.412. The molecule has 3 unspecified atom stereocenters. The molecule has 2 saturated heterocycles. The number of amides is 2. The molecule has 0 aromatic carbocycles. The molecule has 2 aliphatic heterocycles. The summed E-state index contributed by atoms with van der Waals surface area (Å²) in [5.74, 6) is -0.0901. The lowest BCUT2D eigenvalue weighted by molar-refractivity contribution is -0.149. The number of piperazine rings is 1. The molecule has 0 bridgehead atoms. The normalized spacial score (nSPS) is 35.4. The van der Waals surface area contributed by atoms with Gasteiger partial charge in [-0.25, -0.2) is 0 Å². The first-order chi connectivity index (χ1) is 7.59. The highest BCUT2D eigenvalue weighted by Gasteiger charge is 2.37. The summed E-state index contributed by atoms with van der Waals surface area (Å²) >= 11 is 0. The highest BCUT2D eigenvalue weighted by atomic mass is 16.5. The van der Waals surface area contributed by atoms with E-state index in [4.69, 9.17) is 4.74 Å². The van der Waals surface area contributed by atoms with Crippen LogP contribution in [0.5, 0.6) is 0 Å². The lowest BCUT2D eigenvalue weighted by atomic mass is 10.1. The number of rotatable bonds is 2. The minimum absolute atomic E-state index is 0.0115. The fraction of sp³-hybridized carbons (Fsp3) is 0.818. The number of carbonyl (C=O) groups excluding carboxylic acids is 2. The summed E-state index contributed by atoms with van der Waals surface area (Å²) in [5.41, 5.74) is 0. The Hall–Kier alpha value is -1.10. The van der Waals surface area contributed by atoms with Crippen LogP contribution in [0.4, 0.5) is 0 Å². The third kappa shape index (κ3) is 2.04. The van der Waals surface area contributed by atoms with E-state index >= 15 is 0 Å². The summed E-state index contributed by atoms with van der Waals surface area (Å²) in [4.78, 5) is 25.2. The van der Waals surface area contributed by atoms with Gasteiger partial charge in [0.1, 0.15) is 12.1 Å². The van der Waals surface area contributed by atoms with Gasteiger partial charge in [0.15, 0.2) is 0 Å². The zero-order valence-corrected chi connectivity index (χ0v) is 9.73. The van der Waals surface area contributed by atoms with Gasteiger partial charge in [0, 0.05) is 13.2 Å². The fourth-order valence-electron chi connectivity index (χ4n) is 2.23. The van der Waals surface area contributed by atoms with Crippen molar-refractivity contribution in [3.05, 3.63) is 0 Å². The van der Waals surface area contributed by atoms with Crippen molar-refractivity contribution in [2.45, 2.75) is 44.9 Å². The molecule has 2 amide bonds. The lowest BCUT2D eigenvalue weighted by Gasteiger charge is -2.37. The van der Waals surface area contributed by atoms with Gasteiger partial charge in [0.25, 0.3) is 0 Å². The number of carbonyl (C=O) groups is 2. The number of ether oxygens (including phenoxy) is 1. The predicted molar refractivity (Wildman–Crippen MR) is 57.8 cm³/mol. The predicted octanol–water partition coefficient (Wildman–Crippen LogP) is -0.0992. The zero-order chi connectivity index (χ0) is 11.7. The molecule has 0 radical (unpaired) electrons. The van der Waals surface area contributed by atoms with Gasteiger partial charge in [0.2, 0.25) is 11.8 Å². The van der Waals surface area contributed by atoms with Crippen LogP contribution in [0.3, 0.4) is 0 Å². The summed E-state index contributed by atoms with van der Waals surface area (Å²) in [6.45, 7) is 4.78. The Morgan fingerprint density at radius 2 is 2.19 bits per heavy atom. The molecular weight excluding hydrogens is 208 g/mol. The van der Waals surface area contributed by atoms with E-state index in [9.17, 15) is 9.59 Å². The second-order valence-electron chi connectivity index (χ2n) is 4.53. The molecule has 3 atom stereocenters. The van der Waals surface area contributed by atoms with Crippen molar-refractivity contribution < 1.29 is 14.3 Å². The zero-order valence-electron chi connectivity index (χ0n) is 9.73. The second-order valence-corrected chi connectivity index (χ2v) is 4.53. The van der Waals surface area contributed by atoms with Crippen LogP contribution in [-0.2, 0) is 14.3 Å². The number of hydrogen-bond acceptors (Lipinski definition) is 3. The van der Waals surface area contributed by atoms with E-state index in [0.29, 0.717) is 6.54 Å². The van der Waals surface area contributed by atoms with Crippen LogP contribution in [0, 0.1) is 0 Å². The first-order valence-corrected chi connectivity index (χ1v) is 5.82. The molecule has 2 fully saturated rings. The van der Waals surface area contributed by atoms with E-state index in [1.165, 1.54) is 0 Å². The van der Waals surface area contributed by atoms with Crippen molar-refractivity contribution in [3.8, 4) is 0 Å². The molecule has 0 saturated carbocycles. The minimum Gasteiger partial charge on any atom is -0.376 e. The van der Waals surface area contributed by atoms with Crippen molar-refractivity contribution in [3.63, 3.8) is 0 Å². The third-order valence-electron chi connectivity index (χ3n) is 3.28. The van der Waals surface area contributed by atoms with E-state index in [1.807, 2.05) is 0 Å². The smallest absolute Gasteiger partial charge is 0.245 e. The Morgan fingerprint density at radius 3 is 2.81 bits per heavy atom. The number of nitrogens with zero attached hydrogens (tertiary/aromatic N) is 1. The molecule has 2 heterocycles. The Morgan fingerprint density at radius 1 is 1.44 bits per heavy atom. The maximum Gasteiger partial charge on any atom is 0.245 e. The highest BCUT2D eigenvalue weighted by molar-refractivity contribution is 5.96. The maximum atomic E-state index is 11.9. The van der Waals surface area contributed by atoms with E-state index in [2.05, 4.69) is 5.32 Å². The van der Waals surface area contributed by atoms with Gasteiger partial charge in [0.05, 0.1) is 6.10 Å². The quantitative estimate of drug-likeness (QED) is 0.715. The van der Waals surface area contributed by atoms with Crippen molar-refractivity contribution >= 4 is 11.8 Å². The highest BCUT2D eigenvalue weighted by Crippen LogP contribution is 2.17. The van der Waals surface area contributed by atoms with Gasteiger partial charge in [-0.15, -0.1) is 0 Å². The molecule has 0 aromatic rings. The van der Waals surface area contributed by atoms with Gasteiger partial charge in [-0.1, -0.05) is 0 Å². The molecule has 0 spiro atoms. The Kier molecular flexibility index (Phi) is 3.14. The fourth-order valence-corrected chi connectivity index (χ4v) is 2.23.